The van der Waals surface area contributed by atoms with Gasteiger partial charge in [-0.25, -0.2) is 15.0 Å². The highest BCUT2D eigenvalue weighted by Gasteiger charge is 2.47. The molecule has 2 aliphatic carbocycles. The van der Waals surface area contributed by atoms with E-state index in [0.717, 1.165) is 50.3 Å². The summed E-state index contributed by atoms with van der Waals surface area (Å²) in [6.45, 7) is 9.53. The number of furan rings is 1. The van der Waals surface area contributed by atoms with Crippen LogP contribution in [0.25, 0.3) is 99.9 Å². The van der Waals surface area contributed by atoms with Crippen LogP contribution in [0, 0.1) is 5.92 Å². The lowest BCUT2D eigenvalue weighted by molar-refractivity contribution is 0.512. The molecular formula is C59H43N5O. The Balaban J connectivity index is 1.06. The van der Waals surface area contributed by atoms with Crippen LogP contribution in [0.2, 0.25) is 0 Å². The van der Waals surface area contributed by atoms with Gasteiger partial charge in [-0.15, -0.1) is 0 Å². The zero-order valence-electron chi connectivity index (χ0n) is 36.5. The second kappa shape index (κ2) is 13.1. The van der Waals surface area contributed by atoms with E-state index in [0.29, 0.717) is 11.6 Å². The largest absolute Gasteiger partial charge is 0.453 e. The third-order valence-corrected chi connectivity index (χ3v) is 15.0. The summed E-state index contributed by atoms with van der Waals surface area (Å²) in [6, 6.07) is 56.9. The molecule has 7 aromatic carbocycles. The van der Waals surface area contributed by atoms with Crippen LogP contribution in [0.5, 0.6) is 0 Å². The van der Waals surface area contributed by atoms with Crippen LogP contribution in [0.3, 0.4) is 0 Å². The summed E-state index contributed by atoms with van der Waals surface area (Å²) >= 11 is 0. The molecule has 0 fully saturated rings. The van der Waals surface area contributed by atoms with Gasteiger partial charge >= 0.3 is 0 Å². The van der Waals surface area contributed by atoms with Crippen molar-refractivity contribution in [3.05, 3.63) is 198 Å². The van der Waals surface area contributed by atoms with Gasteiger partial charge in [-0.2, -0.15) is 0 Å². The Morgan fingerprint density at radius 3 is 1.97 bits per heavy atom. The van der Waals surface area contributed by atoms with Crippen molar-refractivity contribution in [3.63, 3.8) is 0 Å². The normalized spacial score (nSPS) is 19.8. The lowest BCUT2D eigenvalue weighted by atomic mass is 9.60. The molecule has 11 aromatic rings. The minimum atomic E-state index is -0.614. The van der Waals surface area contributed by atoms with Crippen LogP contribution in [-0.2, 0) is 5.41 Å². The van der Waals surface area contributed by atoms with Gasteiger partial charge in [0.2, 0.25) is 0 Å². The fourth-order valence-electron chi connectivity index (χ4n) is 12.2. The predicted molar refractivity (Wildman–Crippen MR) is 264 cm³/mol. The Bertz CT molecular complexity index is 3900. The van der Waals surface area contributed by atoms with Crippen molar-refractivity contribution >= 4 is 54.6 Å². The third-order valence-electron chi connectivity index (χ3n) is 15.0. The summed E-state index contributed by atoms with van der Waals surface area (Å²) in [4.78, 5) is 16.1. The van der Waals surface area contributed by atoms with Crippen LogP contribution in [-0.4, -0.2) is 24.1 Å². The van der Waals surface area contributed by atoms with E-state index in [1.54, 1.807) is 0 Å². The zero-order chi connectivity index (χ0) is 43.3. The molecule has 65 heavy (non-hydrogen) atoms. The van der Waals surface area contributed by atoms with Gasteiger partial charge in [-0.1, -0.05) is 142 Å². The Labute approximate surface area is 375 Å². The molecule has 0 spiro atoms. The van der Waals surface area contributed by atoms with Gasteiger partial charge in [0.1, 0.15) is 11.4 Å². The predicted octanol–water partition coefficient (Wildman–Crippen LogP) is 14.8. The fourth-order valence-corrected chi connectivity index (χ4v) is 12.2. The Morgan fingerprint density at radius 2 is 1.17 bits per heavy atom. The van der Waals surface area contributed by atoms with Crippen LogP contribution in [0.1, 0.15) is 56.6 Å². The minimum Gasteiger partial charge on any atom is -0.453 e. The molecule has 0 N–H and O–H groups in total. The highest BCUT2D eigenvalue weighted by molar-refractivity contribution is 6.12. The number of benzene rings is 7. The number of para-hydroxylation sites is 4. The number of rotatable bonds is 3. The first-order valence-electron chi connectivity index (χ1n) is 22.8. The molecule has 14 rings (SSSR count). The SMILES string of the molecule is CC1C=CC2(C)C3=C1C(C)c1c(n(c4ccc(-c5ccc6c(c5)c5ccccc5n6-c5ccccc5)cc14)-c1cccc4c1oc1c(cccc14)-c1nc(-c4ccccc4)nc2n1)C3C. The molecule has 310 valence electrons. The van der Waals surface area contributed by atoms with E-state index in [2.05, 4.69) is 189 Å². The lowest BCUT2D eigenvalue weighted by Crippen LogP contribution is -2.37. The second-order valence-corrected chi connectivity index (χ2v) is 18.6. The molecule has 6 heteroatoms. The molecule has 0 radical (unpaired) electrons. The van der Waals surface area contributed by atoms with E-state index in [1.807, 2.05) is 18.2 Å². The van der Waals surface area contributed by atoms with Crippen molar-refractivity contribution in [1.82, 2.24) is 24.1 Å². The Morgan fingerprint density at radius 1 is 0.523 bits per heavy atom. The first-order valence-corrected chi connectivity index (χ1v) is 22.8. The first kappa shape index (κ1) is 36.6. The molecule has 6 bridgehead atoms. The molecular weight excluding hydrogens is 795 g/mol. The summed E-state index contributed by atoms with van der Waals surface area (Å²) in [5.74, 6) is 2.38. The van der Waals surface area contributed by atoms with E-state index in [4.69, 9.17) is 19.4 Å². The van der Waals surface area contributed by atoms with E-state index in [1.165, 1.54) is 66.2 Å². The smallest absolute Gasteiger partial charge is 0.167 e. The maximum absolute atomic E-state index is 7.18. The zero-order valence-corrected chi connectivity index (χ0v) is 36.5. The van der Waals surface area contributed by atoms with Gasteiger partial charge in [0.05, 0.1) is 33.2 Å². The number of nitrogens with zero attached hydrogens (tertiary/aromatic N) is 5. The molecule has 4 unspecified atom stereocenters. The highest BCUT2D eigenvalue weighted by Crippen LogP contribution is 2.58. The Hall–Kier alpha value is -7.83. The van der Waals surface area contributed by atoms with Crippen molar-refractivity contribution in [1.29, 1.82) is 0 Å². The monoisotopic (exact) mass is 837 g/mol. The Kier molecular flexibility index (Phi) is 7.39. The summed E-state index contributed by atoms with van der Waals surface area (Å²) in [7, 11) is 0. The maximum atomic E-state index is 7.18. The molecule has 4 aromatic heterocycles. The molecule has 6 nitrogen and oxygen atoms in total. The minimum absolute atomic E-state index is 0.0121. The standard InChI is InChI=1S/C59H43N5O/c1-33-29-30-59(4)52-35(3)53-51(34(2)50(33)52)45-32-38(37-25-27-47-44(31-37)40-19-11-12-23-46(40)63(47)39-17-9-6-10-18-39)26-28-48(45)64(53)49-24-14-21-42-41-20-13-22-43(54(41)65-55(42)49)57-60-56(61-58(59)62-57)36-15-7-5-8-16-36/h5-35H,1-4H3. The van der Waals surface area contributed by atoms with Crippen molar-refractivity contribution in [2.75, 3.05) is 0 Å². The number of allylic oxidation sites excluding steroid dienone is 4. The van der Waals surface area contributed by atoms with Crippen LogP contribution >= 0.6 is 0 Å². The quantitative estimate of drug-likeness (QED) is 0.166. The molecule has 0 saturated heterocycles. The molecule has 0 saturated carbocycles. The van der Waals surface area contributed by atoms with Crippen molar-refractivity contribution in [2.24, 2.45) is 5.92 Å². The average Bonchev–Trinajstić information content (AvgIpc) is 4.02. The topological polar surface area (TPSA) is 61.7 Å². The first-order chi connectivity index (χ1) is 31.9. The number of hydrogen-bond donors (Lipinski definition) is 0. The van der Waals surface area contributed by atoms with Crippen molar-refractivity contribution in [3.8, 4) is 45.3 Å². The molecule has 5 heterocycles. The van der Waals surface area contributed by atoms with Crippen molar-refractivity contribution in [2.45, 2.75) is 44.9 Å². The number of hydrogen-bond acceptors (Lipinski definition) is 4. The number of aromatic nitrogens is 5. The van der Waals surface area contributed by atoms with Crippen LogP contribution in [0.4, 0.5) is 0 Å². The lowest BCUT2D eigenvalue weighted by Gasteiger charge is -2.44. The van der Waals surface area contributed by atoms with Crippen LogP contribution < -0.4 is 0 Å². The van der Waals surface area contributed by atoms with Gasteiger partial charge in [0.15, 0.2) is 17.2 Å². The second-order valence-electron chi connectivity index (χ2n) is 18.6. The highest BCUT2D eigenvalue weighted by atomic mass is 16.3. The summed E-state index contributed by atoms with van der Waals surface area (Å²) in [5.41, 5.74) is 16.5. The van der Waals surface area contributed by atoms with E-state index in [9.17, 15) is 0 Å². The number of fused-ring (bicyclic) bond motifs is 12. The third kappa shape index (κ3) is 4.91. The molecule has 0 amide bonds. The van der Waals surface area contributed by atoms with Crippen LogP contribution in [0.15, 0.2) is 185 Å². The molecule has 3 aliphatic rings. The van der Waals surface area contributed by atoms with Gasteiger partial charge in [-0.3, -0.25) is 0 Å². The van der Waals surface area contributed by atoms with Gasteiger partial charge < -0.3 is 13.6 Å². The molecule has 1 aliphatic heterocycles. The fraction of sp³-hybridized carbons (Fsp3) is 0.136. The summed E-state index contributed by atoms with van der Waals surface area (Å²) in [6.07, 6.45) is 4.77. The van der Waals surface area contributed by atoms with Gasteiger partial charge in [-0.05, 0) is 89.7 Å². The van der Waals surface area contributed by atoms with Crippen molar-refractivity contribution < 1.29 is 4.42 Å². The summed E-state index contributed by atoms with van der Waals surface area (Å²) < 4.78 is 12.1. The van der Waals surface area contributed by atoms with E-state index in [-0.39, 0.29) is 17.8 Å². The van der Waals surface area contributed by atoms with E-state index >= 15 is 0 Å². The maximum Gasteiger partial charge on any atom is 0.167 e. The summed E-state index contributed by atoms with van der Waals surface area (Å²) in [5, 5.41) is 5.87. The average molecular weight is 838 g/mol. The van der Waals surface area contributed by atoms with Gasteiger partial charge in [0.25, 0.3) is 0 Å². The van der Waals surface area contributed by atoms with Gasteiger partial charge in [0, 0.05) is 55.7 Å². The molecule has 4 atom stereocenters. The van der Waals surface area contributed by atoms with E-state index < -0.39 is 5.41 Å².